The van der Waals surface area contributed by atoms with Gasteiger partial charge in [0.25, 0.3) is 0 Å². The highest BCUT2D eigenvalue weighted by atomic mass is 16.6. The molecule has 0 saturated carbocycles. The van der Waals surface area contributed by atoms with Gasteiger partial charge in [0.05, 0.1) is 24.2 Å². The lowest BCUT2D eigenvalue weighted by Gasteiger charge is -2.19. The molecule has 1 aromatic heterocycles. The van der Waals surface area contributed by atoms with Crippen LogP contribution in [0.2, 0.25) is 0 Å². The minimum Gasteiger partial charge on any atom is -0.497 e. The molecule has 0 bridgehead atoms. The van der Waals surface area contributed by atoms with Crippen molar-refractivity contribution < 1.29 is 14.3 Å². The molecule has 0 fully saturated rings. The van der Waals surface area contributed by atoms with E-state index in [1.807, 2.05) is 52.0 Å². The molecule has 6 heteroatoms. The molecule has 0 aliphatic carbocycles. The van der Waals surface area contributed by atoms with Gasteiger partial charge < -0.3 is 15.2 Å². The normalized spacial score (nSPS) is 11.4. The van der Waals surface area contributed by atoms with Crippen LogP contribution < -0.4 is 10.5 Å². The number of aromatic nitrogens is 2. The molecule has 2 N–H and O–H groups in total. The number of methoxy groups -OCH3 is 1. The Morgan fingerprint density at radius 2 is 1.84 bits per heavy atom. The number of hydrogen-bond donors (Lipinski definition) is 1. The van der Waals surface area contributed by atoms with E-state index in [0.29, 0.717) is 24.2 Å². The molecular formula is C19H27N3O3. The predicted octanol–water partition coefficient (Wildman–Crippen LogP) is 3.60. The van der Waals surface area contributed by atoms with Crippen molar-refractivity contribution in [2.24, 2.45) is 0 Å². The lowest BCUT2D eigenvalue weighted by atomic mass is 10.1. The van der Waals surface area contributed by atoms with Crippen molar-refractivity contribution in [3.63, 3.8) is 0 Å². The first kappa shape index (κ1) is 18.8. The average molecular weight is 345 g/mol. The van der Waals surface area contributed by atoms with E-state index < -0.39 is 11.7 Å². The quantitative estimate of drug-likeness (QED) is 0.895. The zero-order valence-corrected chi connectivity index (χ0v) is 15.6. The largest absolute Gasteiger partial charge is 0.497 e. The highest BCUT2D eigenvalue weighted by Gasteiger charge is 2.23. The molecule has 0 radical (unpaired) electrons. The third-order valence-corrected chi connectivity index (χ3v) is 3.81. The van der Waals surface area contributed by atoms with E-state index in [1.165, 1.54) is 4.68 Å². The Morgan fingerprint density at radius 1 is 1.20 bits per heavy atom. The van der Waals surface area contributed by atoms with Gasteiger partial charge in [-0.2, -0.15) is 9.78 Å². The number of hydrogen-bond acceptors (Lipinski definition) is 5. The Bertz CT molecular complexity index is 728. The van der Waals surface area contributed by atoms with Gasteiger partial charge in [-0.3, -0.25) is 0 Å². The molecule has 0 unspecified atom stereocenters. The summed E-state index contributed by atoms with van der Waals surface area (Å²) in [5.74, 6) is 0.825. The molecule has 0 saturated heterocycles. The summed E-state index contributed by atoms with van der Waals surface area (Å²) in [6, 6.07) is 7.88. The fraction of sp³-hybridized carbons (Fsp3) is 0.474. The SMILES string of the molecule is CCc1c(N)c(CCc2ccc(OC)cc2)nn1C(=O)OC(C)(C)C. The van der Waals surface area contributed by atoms with Gasteiger partial charge in [-0.25, -0.2) is 4.79 Å². The van der Waals surface area contributed by atoms with Crippen LogP contribution in [0.5, 0.6) is 5.75 Å². The zero-order valence-electron chi connectivity index (χ0n) is 15.6. The first-order chi connectivity index (χ1) is 11.7. The Labute approximate surface area is 148 Å². The number of rotatable bonds is 5. The monoisotopic (exact) mass is 345 g/mol. The zero-order chi connectivity index (χ0) is 18.6. The molecule has 0 atom stereocenters. The first-order valence-electron chi connectivity index (χ1n) is 8.47. The summed E-state index contributed by atoms with van der Waals surface area (Å²) in [5, 5.41) is 4.41. The van der Waals surface area contributed by atoms with Gasteiger partial charge in [-0.15, -0.1) is 0 Å². The van der Waals surface area contributed by atoms with Crippen LogP contribution in [-0.2, 0) is 24.0 Å². The van der Waals surface area contributed by atoms with Crippen LogP contribution >= 0.6 is 0 Å². The highest BCUT2D eigenvalue weighted by molar-refractivity contribution is 5.73. The van der Waals surface area contributed by atoms with Gasteiger partial charge >= 0.3 is 6.09 Å². The van der Waals surface area contributed by atoms with E-state index in [9.17, 15) is 4.79 Å². The van der Waals surface area contributed by atoms with Crippen LogP contribution in [0.1, 0.15) is 44.6 Å². The van der Waals surface area contributed by atoms with E-state index in [0.717, 1.165) is 23.4 Å². The lowest BCUT2D eigenvalue weighted by molar-refractivity contribution is 0.0509. The lowest BCUT2D eigenvalue weighted by Crippen LogP contribution is -2.28. The number of nitrogens with two attached hydrogens (primary N) is 1. The standard InChI is InChI=1S/C19H27N3O3/c1-6-16-17(20)15(21-22(16)18(23)25-19(2,3)4)12-9-13-7-10-14(24-5)11-8-13/h7-8,10-11H,6,9,12,20H2,1-5H3. The Morgan fingerprint density at radius 3 is 2.36 bits per heavy atom. The van der Waals surface area contributed by atoms with Crippen molar-refractivity contribution in [1.82, 2.24) is 9.78 Å². The minimum absolute atomic E-state index is 0.494. The summed E-state index contributed by atoms with van der Waals surface area (Å²) in [4.78, 5) is 12.4. The molecule has 136 valence electrons. The van der Waals surface area contributed by atoms with Crippen molar-refractivity contribution in [3.8, 4) is 5.75 Å². The van der Waals surface area contributed by atoms with Gasteiger partial charge in [0.2, 0.25) is 0 Å². The summed E-state index contributed by atoms with van der Waals surface area (Å²) in [6.45, 7) is 7.43. The smallest absolute Gasteiger partial charge is 0.435 e. The van der Waals surface area contributed by atoms with E-state index >= 15 is 0 Å². The summed E-state index contributed by atoms with van der Waals surface area (Å²) >= 11 is 0. The molecule has 6 nitrogen and oxygen atoms in total. The van der Waals surface area contributed by atoms with Gasteiger partial charge in [-0.1, -0.05) is 19.1 Å². The van der Waals surface area contributed by atoms with Crippen molar-refractivity contribution >= 4 is 11.8 Å². The van der Waals surface area contributed by atoms with Crippen LogP contribution in [0.15, 0.2) is 24.3 Å². The van der Waals surface area contributed by atoms with Crippen molar-refractivity contribution in [1.29, 1.82) is 0 Å². The predicted molar refractivity (Wildman–Crippen MR) is 98.1 cm³/mol. The molecule has 1 heterocycles. The summed E-state index contributed by atoms with van der Waals surface area (Å²) in [7, 11) is 1.64. The number of nitrogen functional groups attached to an aromatic ring is 1. The first-order valence-corrected chi connectivity index (χ1v) is 8.47. The fourth-order valence-corrected chi connectivity index (χ4v) is 2.55. The van der Waals surface area contributed by atoms with Gasteiger partial charge in [0.15, 0.2) is 0 Å². The number of aryl methyl sites for hydroxylation is 2. The molecule has 2 rings (SSSR count). The van der Waals surface area contributed by atoms with E-state index in [-0.39, 0.29) is 0 Å². The molecule has 1 aromatic carbocycles. The van der Waals surface area contributed by atoms with E-state index in [2.05, 4.69) is 5.10 Å². The van der Waals surface area contributed by atoms with Crippen molar-refractivity contribution in [3.05, 3.63) is 41.2 Å². The maximum absolute atomic E-state index is 12.4. The van der Waals surface area contributed by atoms with Crippen LogP contribution in [0.4, 0.5) is 10.5 Å². The minimum atomic E-state index is -0.577. The van der Waals surface area contributed by atoms with Gasteiger partial charge in [0.1, 0.15) is 11.4 Å². The van der Waals surface area contributed by atoms with Crippen LogP contribution in [0.3, 0.4) is 0 Å². The second kappa shape index (κ2) is 7.59. The highest BCUT2D eigenvalue weighted by Crippen LogP contribution is 2.22. The van der Waals surface area contributed by atoms with Gasteiger partial charge in [-0.05, 0) is 57.7 Å². The van der Waals surface area contributed by atoms with Crippen LogP contribution in [0, 0.1) is 0 Å². The Kier molecular flexibility index (Phi) is 5.72. The Hall–Kier alpha value is -2.50. The third kappa shape index (κ3) is 4.75. The molecule has 0 aliphatic rings. The number of carbonyl (C=O) groups excluding carboxylic acids is 1. The number of ether oxygens (including phenoxy) is 2. The number of nitrogens with zero attached hydrogens (tertiary/aromatic N) is 2. The molecule has 2 aromatic rings. The van der Waals surface area contributed by atoms with Crippen LogP contribution in [-0.4, -0.2) is 28.6 Å². The number of anilines is 1. The second-order valence-electron chi connectivity index (χ2n) is 6.90. The van der Waals surface area contributed by atoms with Gasteiger partial charge in [0, 0.05) is 0 Å². The number of benzene rings is 1. The van der Waals surface area contributed by atoms with Crippen molar-refractivity contribution in [2.75, 3.05) is 12.8 Å². The average Bonchev–Trinajstić information content (AvgIpc) is 2.88. The van der Waals surface area contributed by atoms with Crippen LogP contribution in [0.25, 0.3) is 0 Å². The maximum atomic E-state index is 12.4. The molecular weight excluding hydrogens is 318 g/mol. The summed E-state index contributed by atoms with van der Waals surface area (Å²) < 4.78 is 11.9. The molecule has 0 aliphatic heterocycles. The molecule has 25 heavy (non-hydrogen) atoms. The maximum Gasteiger partial charge on any atom is 0.435 e. The Balaban J connectivity index is 2.16. The fourth-order valence-electron chi connectivity index (χ4n) is 2.55. The van der Waals surface area contributed by atoms with E-state index in [1.54, 1.807) is 7.11 Å². The summed E-state index contributed by atoms with van der Waals surface area (Å²) in [5.41, 5.74) is 8.78. The topological polar surface area (TPSA) is 79.4 Å². The molecule has 0 spiro atoms. The summed E-state index contributed by atoms with van der Waals surface area (Å²) in [6.07, 6.45) is 1.55. The number of carbonyl (C=O) groups is 1. The van der Waals surface area contributed by atoms with Crippen molar-refractivity contribution in [2.45, 2.75) is 52.6 Å². The second-order valence-corrected chi connectivity index (χ2v) is 6.90. The molecule has 0 amide bonds. The van der Waals surface area contributed by atoms with E-state index in [4.69, 9.17) is 15.2 Å². The third-order valence-electron chi connectivity index (χ3n) is 3.81.